The Labute approximate surface area is 159 Å². The third-order valence-corrected chi connectivity index (χ3v) is 6.43. The van der Waals surface area contributed by atoms with Crippen LogP contribution >= 0.6 is 0 Å². The summed E-state index contributed by atoms with van der Waals surface area (Å²) in [7, 11) is 6.29. The van der Waals surface area contributed by atoms with Crippen molar-refractivity contribution in [2.24, 2.45) is 0 Å². The number of hydrogen-bond acceptors (Lipinski definition) is 5. The van der Waals surface area contributed by atoms with Gasteiger partial charge in [-0.3, -0.25) is 4.79 Å². The van der Waals surface area contributed by atoms with Crippen molar-refractivity contribution in [3.63, 3.8) is 0 Å². The van der Waals surface area contributed by atoms with Crippen molar-refractivity contribution >= 4 is 6.29 Å². The molecule has 2 aliphatic rings. The van der Waals surface area contributed by atoms with Crippen LogP contribution in [0.4, 0.5) is 0 Å². The molecule has 4 rings (SSSR count). The zero-order valence-corrected chi connectivity index (χ0v) is 16.2. The molecule has 27 heavy (non-hydrogen) atoms. The molecule has 2 bridgehead atoms. The van der Waals surface area contributed by atoms with Gasteiger partial charge in [0.2, 0.25) is 0 Å². The summed E-state index contributed by atoms with van der Waals surface area (Å²) >= 11 is 0. The van der Waals surface area contributed by atoms with Crippen molar-refractivity contribution in [2.45, 2.75) is 50.4 Å². The topological polar surface area (TPSA) is 66.2 Å². The second kappa shape index (κ2) is 6.96. The minimum Gasteiger partial charge on any atom is -0.493 e. The van der Waals surface area contributed by atoms with Gasteiger partial charge in [-0.1, -0.05) is 5.21 Å². The van der Waals surface area contributed by atoms with Gasteiger partial charge >= 0.3 is 0 Å². The van der Waals surface area contributed by atoms with Gasteiger partial charge in [-0.05, 0) is 18.2 Å². The number of quaternary nitrogens is 1. The van der Waals surface area contributed by atoms with Gasteiger partial charge in [-0.2, -0.15) is 0 Å². The highest BCUT2D eigenvalue weighted by Gasteiger charge is 2.49. The molecule has 2 fully saturated rings. The Kier molecular flexibility index (Phi) is 4.63. The van der Waals surface area contributed by atoms with Gasteiger partial charge in [0, 0.05) is 31.2 Å². The van der Waals surface area contributed by atoms with E-state index in [9.17, 15) is 4.79 Å². The Balaban J connectivity index is 1.42. The molecule has 1 aromatic carbocycles. The van der Waals surface area contributed by atoms with Crippen LogP contribution in [0.1, 0.15) is 47.8 Å². The zero-order valence-electron chi connectivity index (χ0n) is 16.2. The summed E-state index contributed by atoms with van der Waals surface area (Å²) in [5, 5.41) is 8.66. The first-order valence-corrected chi connectivity index (χ1v) is 9.51. The van der Waals surface area contributed by atoms with E-state index in [-0.39, 0.29) is 0 Å². The average Bonchev–Trinajstić information content (AvgIpc) is 3.15. The monoisotopic (exact) mass is 371 g/mol. The summed E-state index contributed by atoms with van der Waals surface area (Å²) in [4.78, 5) is 10.9. The molecule has 1 unspecified atom stereocenters. The van der Waals surface area contributed by atoms with Crippen LogP contribution in [0.5, 0.6) is 11.5 Å². The van der Waals surface area contributed by atoms with E-state index in [0.717, 1.165) is 41.4 Å². The van der Waals surface area contributed by atoms with Crippen LogP contribution in [0.25, 0.3) is 0 Å². The third-order valence-electron chi connectivity index (χ3n) is 6.43. The van der Waals surface area contributed by atoms with E-state index in [4.69, 9.17) is 9.47 Å². The van der Waals surface area contributed by atoms with Crippen molar-refractivity contribution in [3.8, 4) is 11.5 Å². The summed E-state index contributed by atoms with van der Waals surface area (Å²) in [5.41, 5.74) is 1.35. The van der Waals surface area contributed by atoms with E-state index < -0.39 is 0 Å². The molecule has 2 saturated heterocycles. The Morgan fingerprint density at radius 1 is 1.22 bits per heavy atom. The number of fused-ring (bicyclic) bond motifs is 2. The molecule has 3 atom stereocenters. The maximum absolute atomic E-state index is 10.9. The first-order valence-electron chi connectivity index (χ1n) is 9.51. The fourth-order valence-corrected chi connectivity index (χ4v) is 4.65. The predicted molar refractivity (Wildman–Crippen MR) is 99.9 cm³/mol. The van der Waals surface area contributed by atoms with Crippen molar-refractivity contribution in [1.82, 2.24) is 15.0 Å². The molecule has 1 aromatic heterocycles. The highest BCUT2D eigenvalue weighted by Crippen LogP contribution is 2.43. The molecule has 7 nitrogen and oxygen atoms in total. The molecule has 2 aromatic rings. The number of aromatic nitrogens is 3. The van der Waals surface area contributed by atoms with Gasteiger partial charge in [0.1, 0.15) is 18.6 Å². The molecule has 0 N–H and O–H groups in total. The number of methoxy groups -OCH3 is 1. The van der Waals surface area contributed by atoms with Crippen molar-refractivity contribution in [2.75, 3.05) is 21.2 Å². The summed E-state index contributed by atoms with van der Waals surface area (Å²) in [6.45, 7) is 0.317. The van der Waals surface area contributed by atoms with E-state index in [1.807, 2.05) is 10.9 Å². The maximum Gasteiger partial charge on any atom is 0.161 e. The van der Waals surface area contributed by atoms with Crippen molar-refractivity contribution < 1.29 is 18.8 Å². The minimum atomic E-state index is 0.317. The van der Waals surface area contributed by atoms with Gasteiger partial charge in [-0.15, -0.1) is 5.10 Å². The summed E-state index contributed by atoms with van der Waals surface area (Å²) in [5.74, 6) is 1.13. The molecule has 0 aliphatic carbocycles. The average molecular weight is 371 g/mol. The largest absolute Gasteiger partial charge is 0.493 e. The molecule has 2 aliphatic heterocycles. The number of piperidine rings is 1. The molecular formula is C20H27N4O3+. The number of aldehydes is 1. The fraction of sp³-hybridized carbons (Fsp3) is 0.550. The highest BCUT2D eigenvalue weighted by molar-refractivity contribution is 5.76. The second-order valence-electron chi connectivity index (χ2n) is 8.15. The van der Waals surface area contributed by atoms with Crippen molar-refractivity contribution in [3.05, 3.63) is 35.7 Å². The normalized spacial score (nSPS) is 26.0. The quantitative estimate of drug-likeness (QED) is 0.577. The molecule has 3 heterocycles. The molecule has 0 spiro atoms. The van der Waals surface area contributed by atoms with E-state index in [1.54, 1.807) is 25.3 Å². The SMILES string of the molecule is COc1cc(C=O)ccc1OCc1cn(C2C[C@H]3CC[C@@H](C2)[N+]3(C)C)nn1. The number of ether oxygens (including phenoxy) is 2. The van der Waals surface area contributed by atoms with Crippen molar-refractivity contribution in [1.29, 1.82) is 0 Å². The fourth-order valence-electron chi connectivity index (χ4n) is 4.65. The van der Waals surface area contributed by atoms with E-state index in [0.29, 0.717) is 29.7 Å². The summed E-state index contributed by atoms with van der Waals surface area (Å²) < 4.78 is 14.3. The van der Waals surface area contributed by atoms with Gasteiger partial charge in [0.15, 0.2) is 11.5 Å². The number of hydrogen-bond donors (Lipinski definition) is 0. The van der Waals surface area contributed by atoms with Gasteiger partial charge in [0.05, 0.1) is 45.5 Å². The van der Waals surface area contributed by atoms with Gasteiger partial charge in [-0.25, -0.2) is 4.68 Å². The Hall–Kier alpha value is -2.41. The van der Waals surface area contributed by atoms with Crippen LogP contribution in [0.15, 0.2) is 24.4 Å². The third kappa shape index (κ3) is 3.32. The molecule has 7 heteroatoms. The zero-order chi connectivity index (χ0) is 19.0. The first kappa shape index (κ1) is 18.0. The molecular weight excluding hydrogens is 344 g/mol. The Morgan fingerprint density at radius 2 is 1.96 bits per heavy atom. The highest BCUT2D eigenvalue weighted by atomic mass is 16.5. The standard InChI is InChI=1S/C20H27N4O3/c1-24(2)17-5-6-18(24)10-16(9-17)23-11-15(21-22-23)13-27-19-7-4-14(12-25)8-20(19)26-3/h4,7-8,11-12,16-18H,5-6,9-10,13H2,1-3H3/q+1/t16?,17-,18+. The molecule has 0 saturated carbocycles. The number of benzene rings is 1. The van der Waals surface area contributed by atoms with Gasteiger partial charge < -0.3 is 14.0 Å². The lowest BCUT2D eigenvalue weighted by Crippen LogP contribution is -2.54. The Bertz CT molecular complexity index is 816. The number of carbonyl (C=O) groups excluding carboxylic acids is 1. The smallest absolute Gasteiger partial charge is 0.161 e. The lowest BCUT2D eigenvalue weighted by molar-refractivity contribution is -0.931. The molecule has 0 radical (unpaired) electrons. The van der Waals surface area contributed by atoms with Gasteiger partial charge in [0.25, 0.3) is 0 Å². The lowest BCUT2D eigenvalue weighted by Gasteiger charge is -2.44. The molecule has 0 amide bonds. The lowest BCUT2D eigenvalue weighted by atomic mass is 9.96. The van der Waals surface area contributed by atoms with Crippen LogP contribution < -0.4 is 9.47 Å². The van der Waals surface area contributed by atoms with Crippen LogP contribution in [0.3, 0.4) is 0 Å². The maximum atomic E-state index is 10.9. The molecule has 144 valence electrons. The summed E-state index contributed by atoms with van der Waals surface area (Å²) in [6, 6.07) is 6.98. The predicted octanol–water partition coefficient (Wildman–Crippen LogP) is 2.62. The number of rotatable bonds is 6. The van der Waals surface area contributed by atoms with E-state index in [1.165, 1.54) is 12.8 Å². The van der Waals surface area contributed by atoms with E-state index >= 15 is 0 Å². The summed E-state index contributed by atoms with van der Waals surface area (Å²) in [6.07, 6.45) is 7.74. The number of carbonyl (C=O) groups is 1. The van der Waals surface area contributed by atoms with Crippen LogP contribution in [-0.2, 0) is 6.61 Å². The van der Waals surface area contributed by atoms with E-state index in [2.05, 4.69) is 24.4 Å². The first-order chi connectivity index (χ1) is 13.0. The van der Waals surface area contributed by atoms with Crippen LogP contribution in [0, 0.1) is 0 Å². The van der Waals surface area contributed by atoms with Crippen LogP contribution in [0.2, 0.25) is 0 Å². The number of nitrogens with zero attached hydrogens (tertiary/aromatic N) is 4. The second-order valence-corrected chi connectivity index (χ2v) is 8.15. The van der Waals surface area contributed by atoms with Crippen LogP contribution in [-0.4, -0.2) is 59.1 Å². The Morgan fingerprint density at radius 3 is 2.63 bits per heavy atom. The minimum absolute atomic E-state index is 0.317.